The molecule has 0 radical (unpaired) electrons. The molecule has 12 heavy (non-hydrogen) atoms. The lowest BCUT2D eigenvalue weighted by Crippen LogP contribution is -1.79. The predicted molar refractivity (Wildman–Crippen MR) is 53.8 cm³/mol. The molecule has 1 heterocycles. The zero-order chi connectivity index (χ0) is 8.72. The van der Waals surface area contributed by atoms with Gasteiger partial charge >= 0.3 is 0 Å². The van der Waals surface area contributed by atoms with Crippen LogP contribution in [0.5, 0.6) is 0 Å². The SMILES string of the molecule is Fn1c(Br)cc2c(Br)cccc21. The molecule has 1 nitrogen and oxygen atoms in total. The zero-order valence-corrected chi connectivity index (χ0v) is 9.06. The van der Waals surface area contributed by atoms with Gasteiger partial charge in [0.15, 0.2) is 0 Å². The Morgan fingerprint density at radius 2 is 2.00 bits per heavy atom. The third-order valence-corrected chi connectivity index (χ3v) is 2.92. The molecule has 0 aliphatic rings. The van der Waals surface area contributed by atoms with Crippen molar-refractivity contribution < 1.29 is 4.48 Å². The highest BCUT2D eigenvalue weighted by molar-refractivity contribution is 9.11. The molecule has 2 rings (SSSR count). The van der Waals surface area contributed by atoms with Crippen LogP contribution in [0.1, 0.15) is 0 Å². The van der Waals surface area contributed by atoms with Crippen molar-refractivity contribution in [2.24, 2.45) is 0 Å². The molecule has 0 amide bonds. The van der Waals surface area contributed by atoms with Gasteiger partial charge in [-0.25, -0.2) is 0 Å². The van der Waals surface area contributed by atoms with Crippen LogP contribution in [-0.4, -0.2) is 4.79 Å². The maximum Gasteiger partial charge on any atom is 0.118 e. The first-order valence-electron chi connectivity index (χ1n) is 3.32. The van der Waals surface area contributed by atoms with Crippen molar-refractivity contribution in [2.75, 3.05) is 0 Å². The standard InChI is InChI=1S/C8H4Br2FN/c9-6-2-1-3-7-5(6)4-8(10)12(7)11/h1-4H. The molecular weight excluding hydrogens is 289 g/mol. The van der Waals surface area contributed by atoms with Gasteiger partial charge in [-0.15, -0.1) is 0 Å². The Hall–Kier alpha value is -0.350. The Morgan fingerprint density at radius 1 is 1.25 bits per heavy atom. The van der Waals surface area contributed by atoms with E-state index in [0.29, 0.717) is 14.9 Å². The van der Waals surface area contributed by atoms with E-state index < -0.39 is 0 Å². The lowest BCUT2D eigenvalue weighted by Gasteiger charge is -1.93. The van der Waals surface area contributed by atoms with Crippen molar-refractivity contribution in [3.63, 3.8) is 0 Å². The van der Waals surface area contributed by atoms with Crippen LogP contribution in [0.4, 0.5) is 4.48 Å². The largest absolute Gasteiger partial charge is 0.172 e. The van der Waals surface area contributed by atoms with Gasteiger partial charge in [0.25, 0.3) is 0 Å². The van der Waals surface area contributed by atoms with Gasteiger partial charge in [-0.2, -0.15) is 4.79 Å². The normalized spacial score (nSPS) is 10.9. The summed E-state index contributed by atoms with van der Waals surface area (Å²) in [5.41, 5.74) is 0.566. The third kappa shape index (κ3) is 1.10. The Balaban J connectivity index is 2.95. The maximum absolute atomic E-state index is 13.2. The number of rotatable bonds is 0. The number of hydrogen-bond donors (Lipinski definition) is 0. The highest BCUT2D eigenvalue weighted by Gasteiger charge is 2.07. The van der Waals surface area contributed by atoms with Crippen LogP contribution in [-0.2, 0) is 0 Å². The zero-order valence-electron chi connectivity index (χ0n) is 5.89. The van der Waals surface area contributed by atoms with E-state index >= 15 is 0 Å². The minimum atomic E-state index is 0.435. The van der Waals surface area contributed by atoms with Crippen molar-refractivity contribution in [3.8, 4) is 0 Å². The summed E-state index contributed by atoms with van der Waals surface area (Å²) in [7, 11) is 0. The summed E-state index contributed by atoms with van der Waals surface area (Å²) in [5.74, 6) is 0. The molecule has 62 valence electrons. The van der Waals surface area contributed by atoms with Crippen LogP contribution in [0.2, 0.25) is 0 Å². The van der Waals surface area contributed by atoms with Crippen molar-refractivity contribution in [3.05, 3.63) is 33.3 Å². The summed E-state index contributed by atoms with van der Waals surface area (Å²) in [4.78, 5) is 0.611. The molecule has 2 aromatic rings. The van der Waals surface area contributed by atoms with Gasteiger partial charge in [-0.1, -0.05) is 26.5 Å². The second kappa shape index (κ2) is 2.85. The molecule has 0 aliphatic carbocycles. The molecule has 0 bridgehead atoms. The Bertz CT molecular complexity index is 436. The minimum Gasteiger partial charge on any atom is -0.172 e. The first-order chi connectivity index (χ1) is 5.70. The second-order valence-electron chi connectivity index (χ2n) is 2.42. The van der Waals surface area contributed by atoms with E-state index in [4.69, 9.17) is 0 Å². The van der Waals surface area contributed by atoms with E-state index in [0.717, 1.165) is 9.86 Å². The molecule has 0 unspecified atom stereocenters. The van der Waals surface area contributed by atoms with Crippen LogP contribution >= 0.6 is 31.9 Å². The lowest BCUT2D eigenvalue weighted by atomic mass is 10.3. The molecule has 0 fully saturated rings. The Kier molecular flexibility index (Phi) is 1.96. The van der Waals surface area contributed by atoms with Gasteiger partial charge in [0.2, 0.25) is 0 Å². The predicted octanol–water partition coefficient (Wildman–Crippen LogP) is 3.90. The van der Waals surface area contributed by atoms with Gasteiger partial charge in [0.1, 0.15) is 4.60 Å². The first kappa shape index (κ1) is 8.26. The quantitative estimate of drug-likeness (QED) is 0.694. The number of halogens is 3. The van der Waals surface area contributed by atoms with E-state index in [2.05, 4.69) is 31.9 Å². The van der Waals surface area contributed by atoms with Crippen LogP contribution < -0.4 is 0 Å². The molecule has 1 aromatic carbocycles. The summed E-state index contributed by atoms with van der Waals surface area (Å²) in [6.45, 7) is 0. The molecule has 0 aliphatic heterocycles. The third-order valence-electron chi connectivity index (χ3n) is 1.69. The maximum atomic E-state index is 13.2. The van der Waals surface area contributed by atoms with Gasteiger partial charge in [0, 0.05) is 9.86 Å². The van der Waals surface area contributed by atoms with Gasteiger partial charge < -0.3 is 0 Å². The van der Waals surface area contributed by atoms with E-state index in [1.165, 1.54) is 0 Å². The summed E-state index contributed by atoms with van der Waals surface area (Å²) < 4.78 is 14.5. The highest BCUT2D eigenvalue weighted by atomic mass is 79.9. The molecule has 1 aromatic heterocycles. The van der Waals surface area contributed by atoms with Crippen molar-refractivity contribution >= 4 is 42.8 Å². The molecule has 4 heteroatoms. The number of aromatic nitrogens is 1. The second-order valence-corrected chi connectivity index (χ2v) is 4.09. The molecule has 0 spiro atoms. The van der Waals surface area contributed by atoms with Gasteiger partial charge in [-0.3, -0.25) is 0 Å². The van der Waals surface area contributed by atoms with Gasteiger partial charge in [-0.05, 0) is 34.1 Å². The summed E-state index contributed by atoms with van der Waals surface area (Å²) in [6, 6.07) is 7.15. The van der Waals surface area contributed by atoms with Crippen LogP contribution in [0, 0.1) is 0 Å². The topological polar surface area (TPSA) is 4.93 Å². The first-order valence-corrected chi connectivity index (χ1v) is 4.90. The van der Waals surface area contributed by atoms with E-state index in [-0.39, 0.29) is 0 Å². The summed E-state index contributed by atoms with van der Waals surface area (Å²) in [6.07, 6.45) is 0. The minimum absolute atomic E-state index is 0.435. The fourth-order valence-corrected chi connectivity index (χ4v) is 2.02. The monoisotopic (exact) mass is 291 g/mol. The Labute approximate surface area is 85.4 Å². The average Bonchev–Trinajstić information content (AvgIpc) is 2.32. The van der Waals surface area contributed by atoms with Crippen LogP contribution in [0.15, 0.2) is 33.3 Å². The van der Waals surface area contributed by atoms with E-state index in [9.17, 15) is 4.48 Å². The Morgan fingerprint density at radius 3 is 2.67 bits per heavy atom. The smallest absolute Gasteiger partial charge is 0.118 e. The van der Waals surface area contributed by atoms with Crippen molar-refractivity contribution in [1.82, 2.24) is 4.79 Å². The fraction of sp³-hybridized carbons (Fsp3) is 0. The lowest BCUT2D eigenvalue weighted by molar-refractivity contribution is 0.379. The number of hydrogen-bond acceptors (Lipinski definition) is 0. The summed E-state index contributed by atoms with van der Waals surface area (Å²) in [5, 5.41) is 0.867. The molecular formula is C8H4Br2FN. The van der Waals surface area contributed by atoms with Crippen molar-refractivity contribution in [2.45, 2.75) is 0 Å². The summed E-state index contributed by atoms with van der Waals surface area (Å²) >= 11 is 6.45. The van der Waals surface area contributed by atoms with E-state index in [1.54, 1.807) is 18.2 Å². The molecule has 0 saturated carbocycles. The molecule has 0 saturated heterocycles. The van der Waals surface area contributed by atoms with Crippen LogP contribution in [0.25, 0.3) is 10.9 Å². The highest BCUT2D eigenvalue weighted by Crippen LogP contribution is 2.29. The van der Waals surface area contributed by atoms with Crippen LogP contribution in [0.3, 0.4) is 0 Å². The fourth-order valence-electron chi connectivity index (χ4n) is 1.13. The van der Waals surface area contributed by atoms with E-state index in [1.807, 2.05) is 6.07 Å². The molecule has 0 atom stereocenters. The number of benzene rings is 1. The number of nitrogens with zero attached hydrogens (tertiary/aromatic N) is 1. The number of fused-ring (bicyclic) bond motifs is 1. The average molecular weight is 293 g/mol. The van der Waals surface area contributed by atoms with Gasteiger partial charge in [0.05, 0.1) is 5.52 Å². The van der Waals surface area contributed by atoms with Crippen molar-refractivity contribution in [1.29, 1.82) is 0 Å². The molecule has 0 N–H and O–H groups in total.